The first-order chi connectivity index (χ1) is 13.1. The molecule has 0 spiro atoms. The van der Waals surface area contributed by atoms with E-state index in [0.29, 0.717) is 35.7 Å². The monoisotopic (exact) mass is 405 g/mol. The number of anilines is 1. The molecule has 1 saturated carbocycles. The van der Waals surface area contributed by atoms with Crippen LogP contribution in [0.5, 0.6) is 0 Å². The molecule has 0 saturated heterocycles. The van der Waals surface area contributed by atoms with Crippen LogP contribution in [0.15, 0.2) is 16.8 Å². The average Bonchev–Trinajstić information content (AvgIpc) is 3.22. The Morgan fingerprint density at radius 1 is 1.30 bits per heavy atom. The number of quaternary nitrogens is 1. The highest BCUT2D eigenvalue weighted by Gasteiger charge is 2.33. The zero-order valence-corrected chi connectivity index (χ0v) is 17.3. The molecule has 144 valence electrons. The van der Waals surface area contributed by atoms with Gasteiger partial charge in [-0.2, -0.15) is 0 Å². The summed E-state index contributed by atoms with van der Waals surface area (Å²) >= 11 is 3.25. The van der Waals surface area contributed by atoms with Gasteiger partial charge in [0.1, 0.15) is 11.0 Å². The second kappa shape index (κ2) is 7.73. The number of rotatable bonds is 6. The third-order valence-corrected chi connectivity index (χ3v) is 7.40. The Morgan fingerprint density at radius 2 is 2.11 bits per heavy atom. The number of amides is 1. The number of carbonyl (C=O) groups excluding carboxylic acids is 2. The Hall–Kier alpha value is -1.70. The maximum atomic E-state index is 12.7. The summed E-state index contributed by atoms with van der Waals surface area (Å²) in [4.78, 5) is 27.9. The fraction of sp³-hybridized carbons (Fsp3) is 0.500. The van der Waals surface area contributed by atoms with Gasteiger partial charge < -0.3 is 15.0 Å². The molecule has 2 aromatic rings. The Balaban J connectivity index is 1.46. The zero-order chi connectivity index (χ0) is 19.0. The number of ether oxygens (including phenoxy) is 1. The van der Waals surface area contributed by atoms with Gasteiger partial charge in [0.15, 0.2) is 6.54 Å². The van der Waals surface area contributed by atoms with Crippen LogP contribution in [0.25, 0.3) is 0 Å². The van der Waals surface area contributed by atoms with Gasteiger partial charge in [-0.25, -0.2) is 4.79 Å². The Morgan fingerprint density at radius 3 is 2.85 bits per heavy atom. The third kappa shape index (κ3) is 3.81. The normalized spacial score (nSPS) is 21.6. The predicted molar refractivity (Wildman–Crippen MR) is 108 cm³/mol. The van der Waals surface area contributed by atoms with Gasteiger partial charge in [-0.1, -0.05) is 0 Å². The van der Waals surface area contributed by atoms with Crippen molar-refractivity contribution in [3.8, 4) is 0 Å². The van der Waals surface area contributed by atoms with Crippen molar-refractivity contribution in [3.05, 3.63) is 38.4 Å². The van der Waals surface area contributed by atoms with Crippen molar-refractivity contribution in [3.63, 3.8) is 0 Å². The molecule has 27 heavy (non-hydrogen) atoms. The summed E-state index contributed by atoms with van der Waals surface area (Å²) in [6, 6.07) is 2.50. The number of hydrogen-bond donors (Lipinski definition) is 2. The van der Waals surface area contributed by atoms with E-state index in [-0.39, 0.29) is 11.9 Å². The summed E-state index contributed by atoms with van der Waals surface area (Å²) in [6.07, 6.45) is 3.24. The second-order valence-corrected chi connectivity index (χ2v) is 9.17. The van der Waals surface area contributed by atoms with Gasteiger partial charge in [-0.05, 0) is 55.0 Å². The fourth-order valence-electron chi connectivity index (χ4n) is 3.84. The van der Waals surface area contributed by atoms with Crippen LogP contribution in [0, 0.1) is 0 Å². The van der Waals surface area contributed by atoms with E-state index < -0.39 is 0 Å². The summed E-state index contributed by atoms with van der Waals surface area (Å²) in [5, 5.41) is 7.79. The van der Waals surface area contributed by atoms with Gasteiger partial charge in [0.25, 0.3) is 5.91 Å². The van der Waals surface area contributed by atoms with E-state index >= 15 is 0 Å². The van der Waals surface area contributed by atoms with E-state index in [1.54, 1.807) is 6.92 Å². The molecule has 2 N–H and O–H groups in total. The number of esters is 1. The summed E-state index contributed by atoms with van der Waals surface area (Å²) in [5.74, 6) is 0.0823. The highest BCUT2D eigenvalue weighted by atomic mass is 32.1. The van der Waals surface area contributed by atoms with E-state index in [1.807, 2.05) is 16.7 Å². The molecule has 1 amide bonds. The van der Waals surface area contributed by atoms with Gasteiger partial charge >= 0.3 is 5.97 Å². The van der Waals surface area contributed by atoms with Crippen molar-refractivity contribution >= 4 is 39.6 Å². The molecule has 1 fully saturated rings. The smallest absolute Gasteiger partial charge is 0.341 e. The minimum absolute atomic E-state index is 0.0368. The molecule has 1 aliphatic carbocycles. The molecule has 2 aliphatic rings. The molecule has 2 atom stereocenters. The topological polar surface area (TPSA) is 59.8 Å². The highest BCUT2D eigenvalue weighted by Crippen LogP contribution is 2.46. The maximum Gasteiger partial charge on any atom is 0.341 e. The molecule has 1 unspecified atom stereocenters. The summed E-state index contributed by atoms with van der Waals surface area (Å²) in [7, 11) is 0. The van der Waals surface area contributed by atoms with Crippen molar-refractivity contribution in [2.24, 2.45) is 0 Å². The fourth-order valence-corrected chi connectivity index (χ4v) is 5.87. The van der Waals surface area contributed by atoms with Crippen molar-refractivity contribution < 1.29 is 19.2 Å². The van der Waals surface area contributed by atoms with E-state index in [1.165, 1.54) is 26.7 Å². The lowest BCUT2D eigenvalue weighted by atomic mass is 10.0. The molecular formula is C20H25N2O3S2+. The molecule has 3 heterocycles. The number of carbonyl (C=O) groups is 2. The van der Waals surface area contributed by atoms with Crippen LogP contribution in [-0.4, -0.2) is 31.6 Å². The van der Waals surface area contributed by atoms with Crippen LogP contribution in [-0.2, 0) is 16.0 Å². The van der Waals surface area contributed by atoms with E-state index in [0.717, 1.165) is 31.4 Å². The van der Waals surface area contributed by atoms with Gasteiger partial charge in [0, 0.05) is 16.9 Å². The molecule has 0 bridgehead atoms. The molecule has 7 heteroatoms. The van der Waals surface area contributed by atoms with Crippen LogP contribution in [0.1, 0.15) is 65.0 Å². The summed E-state index contributed by atoms with van der Waals surface area (Å²) < 4.78 is 5.24. The first-order valence-corrected chi connectivity index (χ1v) is 11.3. The molecule has 2 aromatic heterocycles. The van der Waals surface area contributed by atoms with E-state index in [4.69, 9.17) is 4.74 Å². The van der Waals surface area contributed by atoms with Gasteiger partial charge in [-0.15, -0.1) is 22.7 Å². The van der Waals surface area contributed by atoms with Crippen molar-refractivity contribution in [1.82, 2.24) is 0 Å². The maximum absolute atomic E-state index is 12.7. The predicted octanol–water partition coefficient (Wildman–Crippen LogP) is 3.00. The average molecular weight is 406 g/mol. The molecular weight excluding hydrogens is 380 g/mol. The van der Waals surface area contributed by atoms with E-state index in [2.05, 4.69) is 23.7 Å². The van der Waals surface area contributed by atoms with Crippen LogP contribution in [0.2, 0.25) is 0 Å². The lowest BCUT2D eigenvalue weighted by Gasteiger charge is -2.29. The zero-order valence-electron chi connectivity index (χ0n) is 15.7. The first-order valence-electron chi connectivity index (χ1n) is 9.57. The first kappa shape index (κ1) is 18.7. The van der Waals surface area contributed by atoms with Gasteiger partial charge in [0.05, 0.1) is 18.7 Å². The summed E-state index contributed by atoms with van der Waals surface area (Å²) in [6.45, 7) is 5.71. The molecule has 1 aliphatic heterocycles. The molecule has 0 radical (unpaired) electrons. The number of thiophene rings is 2. The molecule has 5 nitrogen and oxygen atoms in total. The largest absolute Gasteiger partial charge is 0.462 e. The highest BCUT2D eigenvalue weighted by molar-refractivity contribution is 7.15. The lowest BCUT2D eigenvalue weighted by Crippen LogP contribution is -3.14. The Kier molecular flexibility index (Phi) is 5.34. The number of fused-ring (bicyclic) bond motifs is 1. The SMILES string of the molecule is CCOC(=O)c1c(C2CC2)csc1NC(=O)C[NH+]1CCc2sccc2[C@@H]1C. The number of nitrogens with one attached hydrogen (secondary N) is 2. The molecule has 0 aromatic carbocycles. The Labute approximate surface area is 167 Å². The number of hydrogen-bond acceptors (Lipinski definition) is 5. The minimum Gasteiger partial charge on any atom is -0.462 e. The van der Waals surface area contributed by atoms with Crippen LogP contribution in [0.3, 0.4) is 0 Å². The van der Waals surface area contributed by atoms with Crippen LogP contribution in [0.4, 0.5) is 5.00 Å². The minimum atomic E-state index is -0.322. The van der Waals surface area contributed by atoms with Gasteiger partial charge in [-0.3, -0.25) is 4.79 Å². The van der Waals surface area contributed by atoms with Crippen molar-refractivity contribution in [1.29, 1.82) is 0 Å². The standard InChI is InChI=1S/C20H24N2O3S2/c1-3-25-20(24)18-15(13-4-5-13)11-27-19(18)21-17(23)10-22-8-6-16-14(12(22)2)7-9-26-16/h7,9,11-13H,3-6,8,10H2,1-2H3,(H,21,23)/p+1/t12-/m0/s1. The Bertz CT molecular complexity index is 853. The van der Waals surface area contributed by atoms with Crippen molar-refractivity contribution in [2.75, 3.05) is 25.0 Å². The quantitative estimate of drug-likeness (QED) is 0.727. The van der Waals surface area contributed by atoms with Gasteiger partial charge in [0.2, 0.25) is 0 Å². The second-order valence-electron chi connectivity index (χ2n) is 7.29. The molecule has 4 rings (SSSR count). The van der Waals surface area contributed by atoms with Crippen LogP contribution >= 0.6 is 22.7 Å². The lowest BCUT2D eigenvalue weighted by molar-refractivity contribution is -0.923. The van der Waals surface area contributed by atoms with Crippen LogP contribution < -0.4 is 10.2 Å². The third-order valence-electron chi connectivity index (χ3n) is 5.49. The van der Waals surface area contributed by atoms with Crippen molar-refractivity contribution in [2.45, 2.75) is 45.1 Å². The summed E-state index contributed by atoms with van der Waals surface area (Å²) in [5.41, 5.74) is 2.98. The van der Waals surface area contributed by atoms with E-state index in [9.17, 15) is 9.59 Å².